The lowest BCUT2D eigenvalue weighted by Crippen LogP contribution is -2.16. The summed E-state index contributed by atoms with van der Waals surface area (Å²) >= 11 is 0. The number of methoxy groups -OCH3 is 1. The highest BCUT2D eigenvalue weighted by atomic mass is 16.5. The van der Waals surface area contributed by atoms with Crippen molar-refractivity contribution >= 4 is 11.7 Å². The maximum Gasteiger partial charge on any atom is 0.278 e. The van der Waals surface area contributed by atoms with E-state index in [0.717, 1.165) is 11.3 Å². The van der Waals surface area contributed by atoms with Gasteiger partial charge in [-0.2, -0.15) is 4.98 Å². The first-order chi connectivity index (χ1) is 12.2. The van der Waals surface area contributed by atoms with Crippen LogP contribution in [-0.4, -0.2) is 39.9 Å². The molecule has 0 radical (unpaired) electrons. The van der Waals surface area contributed by atoms with Gasteiger partial charge in [-0.3, -0.25) is 4.79 Å². The summed E-state index contributed by atoms with van der Waals surface area (Å²) in [5.74, 6) is 1.61. The number of primary amides is 1. The number of aromatic nitrogens is 4. The zero-order valence-electron chi connectivity index (χ0n) is 13.5. The monoisotopic (exact) mass is 340 g/mol. The highest BCUT2D eigenvalue weighted by molar-refractivity contribution is 5.74. The second-order valence-electron chi connectivity index (χ2n) is 5.10. The summed E-state index contributed by atoms with van der Waals surface area (Å²) in [4.78, 5) is 15.0. The van der Waals surface area contributed by atoms with Crippen LogP contribution in [0.5, 0.6) is 5.75 Å². The number of rotatable bonds is 7. The molecule has 0 saturated heterocycles. The first-order valence-corrected chi connectivity index (χ1v) is 7.50. The van der Waals surface area contributed by atoms with E-state index in [-0.39, 0.29) is 18.2 Å². The molecule has 0 atom stereocenters. The summed E-state index contributed by atoms with van der Waals surface area (Å²) < 4.78 is 10.4. The Hall–Kier alpha value is -3.49. The van der Waals surface area contributed by atoms with Crippen LogP contribution >= 0.6 is 0 Å². The van der Waals surface area contributed by atoms with Crippen LogP contribution in [0.1, 0.15) is 6.42 Å². The van der Waals surface area contributed by atoms with Gasteiger partial charge in [-0.05, 0) is 36.4 Å². The molecule has 0 spiro atoms. The largest absolute Gasteiger partial charge is 0.497 e. The number of benzene rings is 1. The van der Waals surface area contributed by atoms with Gasteiger partial charge in [0.05, 0.1) is 7.11 Å². The summed E-state index contributed by atoms with van der Waals surface area (Å²) in [6.07, 6.45) is 0.221. The second kappa shape index (κ2) is 7.39. The molecule has 128 valence electrons. The summed E-state index contributed by atoms with van der Waals surface area (Å²) in [6, 6.07) is 10.7. The van der Waals surface area contributed by atoms with Gasteiger partial charge in [0.15, 0.2) is 5.69 Å². The molecule has 9 heteroatoms. The topological polar surface area (TPSA) is 129 Å². The summed E-state index contributed by atoms with van der Waals surface area (Å²) in [5.41, 5.74) is 6.32. The minimum atomic E-state index is -0.381. The molecular formula is C16H16N6O3. The lowest BCUT2D eigenvalue weighted by atomic mass is 10.2. The molecule has 2 aromatic heterocycles. The van der Waals surface area contributed by atoms with Crippen molar-refractivity contribution < 1.29 is 14.1 Å². The average molecular weight is 340 g/mol. The maximum absolute atomic E-state index is 10.7. The molecule has 0 saturated carbocycles. The van der Waals surface area contributed by atoms with Gasteiger partial charge in [0.25, 0.3) is 5.89 Å². The fourth-order valence-electron chi connectivity index (χ4n) is 2.04. The highest BCUT2D eigenvalue weighted by Crippen LogP contribution is 2.22. The van der Waals surface area contributed by atoms with Crippen molar-refractivity contribution in [3.05, 3.63) is 36.4 Å². The quantitative estimate of drug-likeness (QED) is 0.662. The number of anilines is 1. The Kier molecular flexibility index (Phi) is 4.84. The summed E-state index contributed by atoms with van der Waals surface area (Å²) in [5, 5.41) is 14.9. The van der Waals surface area contributed by atoms with Crippen LogP contribution in [0.2, 0.25) is 0 Å². The molecule has 0 aliphatic rings. The minimum absolute atomic E-state index is 0.221. The van der Waals surface area contributed by atoms with Crippen molar-refractivity contribution in [3.63, 3.8) is 0 Å². The Balaban J connectivity index is 1.70. The number of hydrogen-bond donors (Lipinski definition) is 2. The van der Waals surface area contributed by atoms with Crippen molar-refractivity contribution in [2.45, 2.75) is 6.42 Å². The second-order valence-corrected chi connectivity index (χ2v) is 5.10. The zero-order chi connectivity index (χ0) is 17.6. The fourth-order valence-corrected chi connectivity index (χ4v) is 2.04. The molecule has 0 aliphatic carbocycles. The van der Waals surface area contributed by atoms with Gasteiger partial charge >= 0.3 is 0 Å². The standard InChI is InChI=1S/C16H16N6O3/c1-24-11-4-2-10(3-5-11)15-19-16(25-22-15)12-6-7-14(21-20-12)18-9-8-13(17)23/h2-7H,8-9H2,1H3,(H2,17,23)(H,18,21). The molecule has 3 rings (SSSR count). The van der Waals surface area contributed by atoms with Crippen LogP contribution in [0.3, 0.4) is 0 Å². The van der Waals surface area contributed by atoms with Gasteiger partial charge in [0.1, 0.15) is 11.6 Å². The predicted molar refractivity (Wildman–Crippen MR) is 89.6 cm³/mol. The first kappa shape index (κ1) is 16.4. The number of amides is 1. The van der Waals surface area contributed by atoms with Gasteiger partial charge in [-0.1, -0.05) is 5.16 Å². The number of hydrogen-bond acceptors (Lipinski definition) is 8. The molecule has 0 fully saturated rings. The Bertz CT molecular complexity index is 845. The number of nitrogens with two attached hydrogens (primary N) is 1. The highest BCUT2D eigenvalue weighted by Gasteiger charge is 2.12. The van der Waals surface area contributed by atoms with Gasteiger partial charge < -0.3 is 20.3 Å². The Morgan fingerprint density at radius 3 is 2.64 bits per heavy atom. The van der Waals surface area contributed by atoms with Crippen LogP contribution < -0.4 is 15.8 Å². The van der Waals surface area contributed by atoms with Crippen molar-refractivity contribution in [2.75, 3.05) is 19.0 Å². The molecule has 1 aromatic carbocycles. The maximum atomic E-state index is 10.7. The number of ether oxygens (including phenoxy) is 1. The molecule has 9 nitrogen and oxygen atoms in total. The third-order valence-electron chi connectivity index (χ3n) is 3.34. The predicted octanol–water partition coefficient (Wildman–Crippen LogP) is 1.49. The van der Waals surface area contributed by atoms with Crippen LogP contribution in [0.4, 0.5) is 5.82 Å². The minimum Gasteiger partial charge on any atom is -0.497 e. The molecule has 2 heterocycles. The zero-order valence-corrected chi connectivity index (χ0v) is 13.5. The smallest absolute Gasteiger partial charge is 0.278 e. The molecule has 25 heavy (non-hydrogen) atoms. The van der Waals surface area contributed by atoms with E-state index in [1.54, 1.807) is 19.2 Å². The van der Waals surface area contributed by atoms with Crippen molar-refractivity contribution in [1.82, 2.24) is 20.3 Å². The lowest BCUT2D eigenvalue weighted by Gasteiger charge is -2.02. The summed E-state index contributed by atoms with van der Waals surface area (Å²) in [7, 11) is 1.60. The molecule has 3 aromatic rings. The summed E-state index contributed by atoms with van der Waals surface area (Å²) in [6.45, 7) is 0.394. The SMILES string of the molecule is COc1ccc(-c2noc(-c3ccc(NCCC(N)=O)nn3)n2)cc1. The van der Waals surface area contributed by atoms with Crippen molar-refractivity contribution in [2.24, 2.45) is 5.73 Å². The van der Waals surface area contributed by atoms with E-state index in [1.807, 2.05) is 24.3 Å². The average Bonchev–Trinajstić information content (AvgIpc) is 3.12. The lowest BCUT2D eigenvalue weighted by molar-refractivity contribution is -0.117. The number of nitrogens with zero attached hydrogens (tertiary/aromatic N) is 4. The van der Waals surface area contributed by atoms with E-state index in [0.29, 0.717) is 23.9 Å². The molecule has 3 N–H and O–H groups in total. The molecular weight excluding hydrogens is 324 g/mol. The van der Waals surface area contributed by atoms with E-state index in [9.17, 15) is 4.79 Å². The third-order valence-corrected chi connectivity index (χ3v) is 3.34. The Morgan fingerprint density at radius 1 is 1.20 bits per heavy atom. The fraction of sp³-hybridized carbons (Fsp3) is 0.188. The molecule has 0 bridgehead atoms. The van der Waals surface area contributed by atoms with Crippen LogP contribution in [0.25, 0.3) is 23.0 Å². The van der Waals surface area contributed by atoms with Crippen LogP contribution in [0.15, 0.2) is 40.9 Å². The first-order valence-electron chi connectivity index (χ1n) is 7.50. The number of nitrogens with one attached hydrogen (secondary N) is 1. The van der Waals surface area contributed by atoms with E-state index in [4.69, 9.17) is 15.0 Å². The normalized spacial score (nSPS) is 10.4. The van der Waals surface area contributed by atoms with Crippen LogP contribution in [0, 0.1) is 0 Å². The van der Waals surface area contributed by atoms with E-state index >= 15 is 0 Å². The van der Waals surface area contributed by atoms with Crippen LogP contribution in [-0.2, 0) is 4.79 Å². The van der Waals surface area contributed by atoms with E-state index in [1.165, 1.54) is 0 Å². The third kappa shape index (κ3) is 4.08. The van der Waals surface area contributed by atoms with Gasteiger partial charge in [-0.25, -0.2) is 0 Å². The van der Waals surface area contributed by atoms with Crippen molar-refractivity contribution in [1.29, 1.82) is 0 Å². The number of carbonyl (C=O) groups excluding carboxylic acids is 1. The van der Waals surface area contributed by atoms with E-state index < -0.39 is 0 Å². The number of carbonyl (C=O) groups is 1. The van der Waals surface area contributed by atoms with Gasteiger partial charge in [0, 0.05) is 18.5 Å². The van der Waals surface area contributed by atoms with E-state index in [2.05, 4.69) is 25.7 Å². The Labute approximate surface area is 143 Å². The van der Waals surface area contributed by atoms with Crippen molar-refractivity contribution in [3.8, 4) is 28.7 Å². The van der Waals surface area contributed by atoms with Gasteiger partial charge in [-0.15, -0.1) is 10.2 Å². The molecule has 0 unspecified atom stereocenters. The molecule has 0 aliphatic heterocycles. The Morgan fingerprint density at radius 2 is 2.00 bits per heavy atom. The molecule has 1 amide bonds. The van der Waals surface area contributed by atoms with Gasteiger partial charge in [0.2, 0.25) is 11.7 Å².